The van der Waals surface area contributed by atoms with E-state index in [-0.39, 0.29) is 11.4 Å². The van der Waals surface area contributed by atoms with E-state index in [9.17, 15) is 35.7 Å². The highest BCUT2D eigenvalue weighted by Crippen LogP contribution is 2.40. The van der Waals surface area contributed by atoms with E-state index in [0.29, 0.717) is 17.9 Å². The molecular weight excluding hydrogens is 385 g/mol. The molecule has 0 N–H and O–H groups in total. The van der Waals surface area contributed by atoms with E-state index in [1.165, 1.54) is 31.4 Å². The van der Waals surface area contributed by atoms with Crippen molar-refractivity contribution >= 4 is 18.6 Å². The van der Waals surface area contributed by atoms with Gasteiger partial charge in [0.15, 0.2) is 5.30 Å². The van der Waals surface area contributed by atoms with Gasteiger partial charge < -0.3 is 4.74 Å². The van der Waals surface area contributed by atoms with Crippen LogP contribution >= 0.6 is 7.80 Å². The molecule has 2 aromatic rings. The van der Waals surface area contributed by atoms with Crippen LogP contribution in [0.2, 0.25) is 0 Å². The third-order valence-electron chi connectivity index (χ3n) is 3.37. The van der Waals surface area contributed by atoms with Crippen molar-refractivity contribution in [1.82, 2.24) is 0 Å². The summed E-state index contributed by atoms with van der Waals surface area (Å²) in [5.41, 5.74) is -5.83. The highest BCUT2D eigenvalue weighted by molar-refractivity contribution is 7.71. The summed E-state index contributed by atoms with van der Waals surface area (Å²) in [6.45, 7) is 0. The van der Waals surface area contributed by atoms with Crippen molar-refractivity contribution in [2.75, 3.05) is 7.11 Å². The molecule has 0 aromatic heterocycles. The molecule has 1 unspecified atom stereocenters. The number of alkyl halides is 6. The second-order valence-electron chi connectivity index (χ2n) is 5.05. The SMILES string of the molecule is COc1ccc([P+](=O)C(=O)c2ccc(C(F)(F)F)cc2C(F)(F)F)cc1. The van der Waals surface area contributed by atoms with Gasteiger partial charge in [-0.3, -0.25) is 0 Å². The number of rotatable bonds is 4. The fourth-order valence-electron chi connectivity index (χ4n) is 2.09. The molecular formula is C16H10F6O3P+. The van der Waals surface area contributed by atoms with Gasteiger partial charge in [-0.1, -0.05) is 4.57 Å². The van der Waals surface area contributed by atoms with Gasteiger partial charge in [0.05, 0.1) is 23.8 Å². The van der Waals surface area contributed by atoms with E-state index in [0.717, 1.165) is 0 Å². The van der Waals surface area contributed by atoms with Crippen LogP contribution < -0.4 is 10.0 Å². The van der Waals surface area contributed by atoms with E-state index in [4.69, 9.17) is 4.74 Å². The maximum atomic E-state index is 13.1. The molecule has 3 nitrogen and oxygen atoms in total. The molecule has 1 atom stereocenters. The zero-order valence-electron chi connectivity index (χ0n) is 13.0. The molecule has 0 fully saturated rings. The molecule has 0 saturated carbocycles. The predicted octanol–water partition coefficient (Wildman–Crippen LogP) is 5.03. The lowest BCUT2D eigenvalue weighted by molar-refractivity contribution is -0.143. The summed E-state index contributed by atoms with van der Waals surface area (Å²) in [6.07, 6.45) is -10.2. The lowest BCUT2D eigenvalue weighted by Gasteiger charge is -2.13. The molecule has 26 heavy (non-hydrogen) atoms. The third-order valence-corrected chi connectivity index (χ3v) is 4.75. The smallest absolute Gasteiger partial charge is 0.458 e. The molecule has 2 aromatic carbocycles. The summed E-state index contributed by atoms with van der Waals surface area (Å²) in [5.74, 6) is 0.370. The van der Waals surface area contributed by atoms with Crippen molar-refractivity contribution in [1.29, 1.82) is 0 Å². The lowest BCUT2D eigenvalue weighted by atomic mass is 10.0. The van der Waals surface area contributed by atoms with Crippen LogP contribution in [-0.2, 0) is 16.9 Å². The zero-order chi connectivity index (χ0) is 19.7. The molecule has 0 aliphatic heterocycles. The van der Waals surface area contributed by atoms with Crippen LogP contribution in [0.25, 0.3) is 0 Å². The number of hydrogen-bond donors (Lipinski definition) is 0. The number of halogens is 6. The molecule has 10 heteroatoms. The Morgan fingerprint density at radius 1 is 0.923 bits per heavy atom. The molecule has 0 aliphatic rings. The van der Waals surface area contributed by atoms with E-state index in [1.807, 2.05) is 0 Å². The van der Waals surface area contributed by atoms with Crippen LogP contribution in [0.3, 0.4) is 0 Å². The average Bonchev–Trinajstić information content (AvgIpc) is 2.58. The number of benzene rings is 2. The van der Waals surface area contributed by atoms with Gasteiger partial charge in [0.2, 0.25) is 0 Å². The first kappa shape index (κ1) is 19.9. The molecule has 0 bridgehead atoms. The van der Waals surface area contributed by atoms with Gasteiger partial charge in [-0.15, -0.1) is 0 Å². The van der Waals surface area contributed by atoms with Crippen LogP contribution in [0.4, 0.5) is 26.3 Å². The van der Waals surface area contributed by atoms with Crippen LogP contribution in [0.15, 0.2) is 42.5 Å². The Morgan fingerprint density at radius 3 is 1.96 bits per heavy atom. The van der Waals surface area contributed by atoms with Crippen molar-refractivity contribution in [3.05, 3.63) is 59.2 Å². The quantitative estimate of drug-likeness (QED) is 0.539. The molecule has 0 saturated heterocycles. The minimum atomic E-state index is -5.22. The largest absolute Gasteiger partial charge is 0.497 e. The standard InChI is InChI=1S/C16H10F6O3P/c1-25-10-3-5-11(6-4-10)26(24)14(23)12-7-2-9(15(17,18)19)8-13(12)16(20,21)22/h2-8H,1H3/q+1. The summed E-state index contributed by atoms with van der Waals surface area (Å²) >= 11 is 0. The topological polar surface area (TPSA) is 43.4 Å². The van der Waals surface area contributed by atoms with Crippen LogP contribution in [0, 0.1) is 0 Å². The van der Waals surface area contributed by atoms with Crippen LogP contribution in [0.5, 0.6) is 5.75 Å². The van der Waals surface area contributed by atoms with Crippen molar-refractivity contribution in [2.45, 2.75) is 12.4 Å². The summed E-state index contributed by atoms with van der Waals surface area (Å²) in [5, 5.41) is -0.0705. The van der Waals surface area contributed by atoms with Gasteiger partial charge in [0.1, 0.15) is 5.75 Å². The molecule has 2 rings (SSSR count). The van der Waals surface area contributed by atoms with Gasteiger partial charge >= 0.3 is 25.7 Å². The fraction of sp³-hybridized carbons (Fsp3) is 0.188. The Morgan fingerprint density at radius 2 is 1.50 bits per heavy atom. The molecule has 0 spiro atoms. The predicted molar refractivity (Wildman–Crippen MR) is 81.0 cm³/mol. The third kappa shape index (κ3) is 4.22. The van der Waals surface area contributed by atoms with E-state index < -0.39 is 42.4 Å². The maximum Gasteiger partial charge on any atom is 0.458 e. The van der Waals surface area contributed by atoms with Gasteiger partial charge in [0.25, 0.3) is 0 Å². The Kier molecular flexibility index (Phi) is 5.41. The Labute approximate surface area is 144 Å². The Balaban J connectivity index is 2.48. The number of hydrogen-bond acceptors (Lipinski definition) is 3. The molecule has 0 heterocycles. The van der Waals surface area contributed by atoms with Crippen LogP contribution in [-0.4, -0.2) is 12.6 Å². The molecule has 138 valence electrons. The average molecular weight is 395 g/mol. The van der Waals surface area contributed by atoms with Gasteiger partial charge in [0, 0.05) is 0 Å². The van der Waals surface area contributed by atoms with E-state index >= 15 is 0 Å². The van der Waals surface area contributed by atoms with E-state index in [1.54, 1.807) is 0 Å². The van der Waals surface area contributed by atoms with Gasteiger partial charge in [-0.2, -0.15) is 26.3 Å². The lowest BCUT2D eigenvalue weighted by Crippen LogP contribution is -2.16. The normalized spacial score (nSPS) is 12.7. The first-order chi connectivity index (χ1) is 11.9. The summed E-state index contributed by atoms with van der Waals surface area (Å²) in [7, 11) is -1.60. The second kappa shape index (κ2) is 7.07. The maximum absolute atomic E-state index is 13.1. The fourth-order valence-corrected chi connectivity index (χ4v) is 3.15. The zero-order valence-corrected chi connectivity index (χ0v) is 13.9. The highest BCUT2D eigenvalue weighted by atomic mass is 31.1. The minimum absolute atomic E-state index is 0.0705. The number of carbonyl (C=O) groups is 1. The van der Waals surface area contributed by atoms with Crippen molar-refractivity contribution in [3.63, 3.8) is 0 Å². The monoisotopic (exact) mass is 395 g/mol. The number of carbonyl (C=O) groups excluding carboxylic acids is 1. The molecule has 0 amide bonds. The first-order valence-electron chi connectivity index (χ1n) is 6.89. The Hall–Kier alpha value is -2.41. The second-order valence-corrected chi connectivity index (χ2v) is 6.56. The number of ether oxygens (including phenoxy) is 1. The highest BCUT2D eigenvalue weighted by Gasteiger charge is 2.44. The summed E-state index contributed by atoms with van der Waals surface area (Å²) < 4.78 is 94.5. The number of methoxy groups -OCH3 is 1. The van der Waals surface area contributed by atoms with Crippen molar-refractivity contribution in [3.8, 4) is 5.75 Å². The minimum Gasteiger partial charge on any atom is -0.497 e. The van der Waals surface area contributed by atoms with Crippen LogP contribution in [0.1, 0.15) is 21.5 Å². The Bertz CT molecular complexity index is 841. The molecule has 0 aliphatic carbocycles. The van der Waals surface area contributed by atoms with Gasteiger partial charge in [-0.05, 0) is 42.5 Å². The first-order valence-corrected chi connectivity index (χ1v) is 8.15. The van der Waals surface area contributed by atoms with Crippen molar-refractivity contribution < 1.29 is 40.4 Å². The molecule has 0 radical (unpaired) electrons. The van der Waals surface area contributed by atoms with E-state index in [2.05, 4.69) is 0 Å². The summed E-state index contributed by atoms with van der Waals surface area (Å²) in [4.78, 5) is 12.2. The summed E-state index contributed by atoms with van der Waals surface area (Å²) in [6, 6.07) is 5.74. The van der Waals surface area contributed by atoms with Gasteiger partial charge in [-0.25, -0.2) is 4.79 Å². The van der Waals surface area contributed by atoms with Crippen molar-refractivity contribution in [2.24, 2.45) is 0 Å².